The van der Waals surface area contributed by atoms with Gasteiger partial charge < -0.3 is 9.88 Å². The zero-order chi connectivity index (χ0) is 17.9. The van der Waals surface area contributed by atoms with Gasteiger partial charge in [-0.1, -0.05) is 17.8 Å². The first kappa shape index (κ1) is 17.0. The fourth-order valence-electron chi connectivity index (χ4n) is 3.41. The van der Waals surface area contributed by atoms with E-state index in [1.807, 2.05) is 32.4 Å². The highest BCUT2D eigenvalue weighted by atomic mass is 32.1. The van der Waals surface area contributed by atoms with Gasteiger partial charge in [-0.2, -0.15) is 0 Å². The fraction of sp³-hybridized carbons (Fsp3) is 0.471. The molecule has 8 nitrogen and oxygen atoms in total. The number of imidazole rings is 1. The first-order valence-electron chi connectivity index (χ1n) is 8.78. The Labute approximate surface area is 156 Å². The molecule has 0 radical (unpaired) electrons. The van der Waals surface area contributed by atoms with Gasteiger partial charge in [-0.3, -0.25) is 4.90 Å². The van der Waals surface area contributed by atoms with Gasteiger partial charge in [-0.25, -0.2) is 15.0 Å². The molecule has 0 aromatic carbocycles. The Balaban J connectivity index is 1.59. The number of piperidine rings is 1. The van der Waals surface area contributed by atoms with E-state index in [1.165, 1.54) is 24.2 Å². The number of hydrogen-bond donors (Lipinski definition) is 1. The second kappa shape index (κ2) is 7.46. The molecule has 136 valence electrons. The lowest BCUT2D eigenvalue weighted by atomic mass is 9.99. The highest BCUT2D eigenvalue weighted by Crippen LogP contribution is 2.32. The van der Waals surface area contributed by atoms with Crippen molar-refractivity contribution in [1.29, 1.82) is 0 Å². The average Bonchev–Trinajstić information content (AvgIpc) is 3.27. The summed E-state index contributed by atoms with van der Waals surface area (Å²) in [5.41, 5.74) is 2.76. The van der Waals surface area contributed by atoms with E-state index in [2.05, 4.69) is 34.9 Å². The second-order valence-electron chi connectivity index (χ2n) is 6.53. The number of likely N-dealkylation sites (tertiary alicyclic amines) is 1. The van der Waals surface area contributed by atoms with Crippen molar-refractivity contribution >= 4 is 22.3 Å². The van der Waals surface area contributed by atoms with Crippen LogP contribution in [0.25, 0.3) is 0 Å². The highest BCUT2D eigenvalue weighted by Gasteiger charge is 2.27. The summed E-state index contributed by atoms with van der Waals surface area (Å²) >= 11 is 1.45. The number of aryl methyl sites for hydroxylation is 2. The van der Waals surface area contributed by atoms with E-state index in [0.29, 0.717) is 0 Å². The normalized spacial score (nSPS) is 18.2. The Hall–Kier alpha value is -2.39. The molecule has 3 aromatic rings. The van der Waals surface area contributed by atoms with Crippen LogP contribution in [0.3, 0.4) is 0 Å². The molecule has 0 bridgehead atoms. The van der Waals surface area contributed by atoms with Crippen LogP contribution in [0.2, 0.25) is 0 Å². The largest absolute Gasteiger partial charge is 0.337 e. The first-order chi connectivity index (χ1) is 12.7. The van der Waals surface area contributed by atoms with Crippen molar-refractivity contribution in [2.45, 2.75) is 38.8 Å². The van der Waals surface area contributed by atoms with E-state index >= 15 is 0 Å². The summed E-state index contributed by atoms with van der Waals surface area (Å²) in [4.78, 5) is 16.2. The van der Waals surface area contributed by atoms with Crippen LogP contribution in [-0.2, 0) is 13.6 Å². The quantitative estimate of drug-likeness (QED) is 0.739. The van der Waals surface area contributed by atoms with Crippen molar-refractivity contribution in [3.63, 3.8) is 0 Å². The molecule has 0 saturated carbocycles. The number of hydrogen-bond acceptors (Lipinski definition) is 8. The van der Waals surface area contributed by atoms with E-state index in [4.69, 9.17) is 4.98 Å². The molecule has 1 fully saturated rings. The molecular formula is C17H22N8S. The van der Waals surface area contributed by atoms with Gasteiger partial charge in [-0.15, -0.1) is 10.2 Å². The number of rotatable bonds is 5. The molecule has 0 amide bonds. The third-order valence-electron chi connectivity index (χ3n) is 4.67. The van der Waals surface area contributed by atoms with Crippen molar-refractivity contribution in [3.05, 3.63) is 41.3 Å². The topological polar surface area (TPSA) is 84.7 Å². The van der Waals surface area contributed by atoms with Crippen LogP contribution >= 0.6 is 11.3 Å². The predicted molar refractivity (Wildman–Crippen MR) is 100 cm³/mol. The lowest BCUT2D eigenvalue weighted by Crippen LogP contribution is -2.34. The smallest absolute Gasteiger partial charge is 0.210 e. The molecule has 4 heterocycles. The summed E-state index contributed by atoms with van der Waals surface area (Å²) in [7, 11) is 2.04. The van der Waals surface area contributed by atoms with Crippen LogP contribution in [0.4, 0.5) is 10.9 Å². The van der Waals surface area contributed by atoms with Crippen LogP contribution in [0.15, 0.2) is 24.0 Å². The molecule has 1 atom stereocenters. The van der Waals surface area contributed by atoms with E-state index in [1.54, 1.807) is 5.51 Å². The molecule has 9 heteroatoms. The van der Waals surface area contributed by atoms with Crippen LogP contribution in [0, 0.1) is 6.92 Å². The molecule has 0 spiro atoms. The Morgan fingerprint density at radius 2 is 2.23 bits per heavy atom. The summed E-state index contributed by atoms with van der Waals surface area (Å²) in [6.07, 6.45) is 7.37. The predicted octanol–water partition coefficient (Wildman–Crippen LogP) is 2.84. The van der Waals surface area contributed by atoms with Gasteiger partial charge in [0, 0.05) is 25.5 Å². The lowest BCUT2D eigenvalue weighted by Gasteiger charge is -2.35. The Morgan fingerprint density at radius 1 is 1.31 bits per heavy atom. The van der Waals surface area contributed by atoms with Crippen molar-refractivity contribution in [2.24, 2.45) is 7.05 Å². The van der Waals surface area contributed by atoms with Crippen molar-refractivity contribution in [3.8, 4) is 0 Å². The average molecular weight is 370 g/mol. The summed E-state index contributed by atoms with van der Waals surface area (Å²) < 4.78 is 2.08. The Kier molecular flexibility index (Phi) is 4.89. The standard InChI is InChI=1S/C17H22N8S/c1-12-20-13(9-15(21-12)22-17-23-19-11-26-17)14-5-3-4-7-25(14)10-16-18-6-8-24(16)2/h6,8-9,11,14H,3-5,7,10H2,1-2H3,(H,20,21,22,23)/t14-/m1/s1. The molecule has 1 saturated heterocycles. The molecule has 1 N–H and O–H groups in total. The summed E-state index contributed by atoms with van der Waals surface area (Å²) in [5, 5.41) is 11.9. The Bertz CT molecular complexity index is 860. The minimum Gasteiger partial charge on any atom is -0.337 e. The van der Waals surface area contributed by atoms with Crippen LogP contribution in [0.1, 0.15) is 42.6 Å². The maximum Gasteiger partial charge on any atom is 0.210 e. The molecular weight excluding hydrogens is 348 g/mol. The molecule has 4 rings (SSSR count). The van der Waals surface area contributed by atoms with E-state index in [-0.39, 0.29) is 6.04 Å². The number of nitrogens with zero attached hydrogens (tertiary/aromatic N) is 7. The third-order valence-corrected chi connectivity index (χ3v) is 5.28. The Morgan fingerprint density at radius 3 is 3.00 bits per heavy atom. The van der Waals surface area contributed by atoms with Gasteiger partial charge in [0.15, 0.2) is 0 Å². The SMILES string of the molecule is Cc1nc(Nc2nncs2)cc([C@H]2CCCCN2Cc2nccn2C)n1. The zero-order valence-electron chi connectivity index (χ0n) is 15.0. The van der Waals surface area contributed by atoms with Gasteiger partial charge in [-0.05, 0) is 26.3 Å². The van der Waals surface area contributed by atoms with Crippen molar-refractivity contribution in [1.82, 2.24) is 34.6 Å². The highest BCUT2D eigenvalue weighted by molar-refractivity contribution is 7.13. The minimum absolute atomic E-state index is 0.275. The minimum atomic E-state index is 0.275. The van der Waals surface area contributed by atoms with Crippen molar-refractivity contribution in [2.75, 3.05) is 11.9 Å². The third kappa shape index (κ3) is 3.73. The fourth-order valence-corrected chi connectivity index (χ4v) is 3.86. The van der Waals surface area contributed by atoms with E-state index in [0.717, 1.165) is 47.8 Å². The number of anilines is 2. The van der Waals surface area contributed by atoms with E-state index in [9.17, 15) is 0 Å². The lowest BCUT2D eigenvalue weighted by molar-refractivity contribution is 0.132. The van der Waals surface area contributed by atoms with E-state index < -0.39 is 0 Å². The first-order valence-corrected chi connectivity index (χ1v) is 9.66. The maximum atomic E-state index is 4.74. The van der Waals surface area contributed by atoms with Crippen molar-refractivity contribution < 1.29 is 0 Å². The van der Waals surface area contributed by atoms with Gasteiger partial charge in [0.05, 0.1) is 18.3 Å². The van der Waals surface area contributed by atoms with Crippen LogP contribution in [0.5, 0.6) is 0 Å². The van der Waals surface area contributed by atoms with Gasteiger partial charge in [0.25, 0.3) is 0 Å². The molecule has 1 aliphatic heterocycles. The zero-order valence-corrected chi connectivity index (χ0v) is 15.8. The van der Waals surface area contributed by atoms with Gasteiger partial charge in [0.2, 0.25) is 5.13 Å². The molecule has 0 aliphatic carbocycles. The monoisotopic (exact) mass is 370 g/mol. The molecule has 3 aromatic heterocycles. The molecule has 1 aliphatic rings. The number of nitrogens with one attached hydrogen (secondary N) is 1. The number of aromatic nitrogens is 6. The van der Waals surface area contributed by atoms with Gasteiger partial charge >= 0.3 is 0 Å². The maximum absolute atomic E-state index is 4.74. The summed E-state index contributed by atoms with van der Waals surface area (Å²) in [5.74, 6) is 2.61. The van der Waals surface area contributed by atoms with Gasteiger partial charge in [0.1, 0.15) is 23.0 Å². The second-order valence-corrected chi connectivity index (χ2v) is 7.36. The summed E-state index contributed by atoms with van der Waals surface area (Å²) in [6.45, 7) is 3.82. The molecule has 0 unspecified atom stereocenters. The molecule has 26 heavy (non-hydrogen) atoms. The van der Waals surface area contributed by atoms with Crippen LogP contribution < -0.4 is 5.32 Å². The van der Waals surface area contributed by atoms with Crippen LogP contribution in [-0.4, -0.2) is 41.2 Å². The summed E-state index contributed by atoms with van der Waals surface area (Å²) in [6, 6.07) is 2.31.